The molecule has 5 aromatic carbocycles. The molecule has 3 aliphatic rings. The van der Waals surface area contributed by atoms with Crippen LogP contribution in [0.25, 0.3) is 9.69 Å². The van der Waals surface area contributed by atoms with E-state index in [1.54, 1.807) is 67.4 Å². The van der Waals surface area contributed by atoms with Crippen molar-refractivity contribution in [1.82, 2.24) is 29.5 Å². The monoisotopic (exact) mass is 1130 g/mol. The van der Waals surface area contributed by atoms with Crippen molar-refractivity contribution in [3.63, 3.8) is 0 Å². The summed E-state index contributed by atoms with van der Waals surface area (Å²) in [6.07, 6.45) is 13.9. The zero-order chi connectivity index (χ0) is 57.4. The van der Waals surface area contributed by atoms with Crippen LogP contribution in [0.2, 0.25) is 0 Å². The number of anilines is 3. The van der Waals surface area contributed by atoms with Crippen LogP contribution >= 0.6 is 0 Å². The maximum atomic E-state index is 12.2. The highest BCUT2D eigenvalue weighted by Gasteiger charge is 2.27. The molecule has 20 nitrogen and oxygen atoms in total. The minimum absolute atomic E-state index is 0. The van der Waals surface area contributed by atoms with E-state index in [1.165, 1.54) is 10.9 Å². The molecule has 0 spiro atoms. The van der Waals surface area contributed by atoms with Crippen molar-refractivity contribution >= 4 is 46.7 Å². The number of carbonyl (C=O) groups excluding carboxylic acids is 3. The number of nitrogens with two attached hydrogens (primary N) is 1. The number of benzene rings is 5. The van der Waals surface area contributed by atoms with Crippen LogP contribution in [0, 0.1) is 13.1 Å². The molecule has 428 valence electrons. The largest absolute Gasteiger partial charge is 0.493 e. The standard InChI is InChI=1S/2C22H20N4O3.C18H23N3O3.FH/c2*1-23-17-4-2-15(3-5-17)13-29-22(27)26-18-6-7-21-20(11-18)16(8-9-28-21)10-19-12-24-14-25-19;1-18(2,3)24-17(22)21-10-14(20-11-21)8-12-6-7-23-16-5-4-13(19)9-15(12)16;/h2*2-7,11-12,14,16H,8-10,13H2,(H,24,25)(H,26,27);4-5,9-12H,6-8,19H2,1-3H3;1H. The zero-order valence-electron chi connectivity index (χ0n) is 46.1. The summed E-state index contributed by atoms with van der Waals surface area (Å²) in [7, 11) is 0. The summed E-state index contributed by atoms with van der Waals surface area (Å²) in [6.45, 7) is 21.7. The molecule has 0 aliphatic carbocycles. The van der Waals surface area contributed by atoms with Gasteiger partial charge in [0.1, 0.15) is 42.4 Å². The summed E-state index contributed by atoms with van der Waals surface area (Å²) in [5.41, 5.74) is 16.4. The van der Waals surface area contributed by atoms with Gasteiger partial charge in [-0.15, -0.1) is 0 Å². The van der Waals surface area contributed by atoms with Gasteiger partial charge in [-0.2, -0.15) is 0 Å². The third-order valence-electron chi connectivity index (χ3n) is 13.6. The third-order valence-corrected chi connectivity index (χ3v) is 13.6. The number of carbonyl (C=O) groups is 3. The van der Waals surface area contributed by atoms with E-state index < -0.39 is 23.9 Å². The van der Waals surface area contributed by atoms with Crippen LogP contribution in [0.1, 0.15) is 103 Å². The summed E-state index contributed by atoms with van der Waals surface area (Å²) >= 11 is 0. The fourth-order valence-electron chi connectivity index (χ4n) is 9.61. The van der Waals surface area contributed by atoms with Gasteiger partial charge in [0, 0.05) is 47.0 Å². The van der Waals surface area contributed by atoms with Crippen molar-refractivity contribution in [3.8, 4) is 17.2 Å². The van der Waals surface area contributed by atoms with Crippen molar-refractivity contribution in [2.24, 2.45) is 0 Å². The number of aromatic nitrogens is 6. The summed E-state index contributed by atoms with van der Waals surface area (Å²) < 4.78 is 34.5. The molecule has 3 aromatic heterocycles. The Kier molecular flexibility index (Phi) is 19.8. The second-order valence-corrected chi connectivity index (χ2v) is 20.8. The lowest BCUT2D eigenvalue weighted by Crippen LogP contribution is -2.26. The van der Waals surface area contributed by atoms with Gasteiger partial charge >= 0.3 is 18.3 Å². The maximum absolute atomic E-state index is 12.2. The van der Waals surface area contributed by atoms with Crippen LogP contribution < -0.4 is 30.6 Å². The highest BCUT2D eigenvalue weighted by atomic mass is 19.0. The molecule has 2 amide bonds. The molecular weight excluding hydrogens is 1060 g/mol. The Labute approximate surface area is 479 Å². The molecule has 0 bridgehead atoms. The fourth-order valence-corrected chi connectivity index (χ4v) is 9.61. The van der Waals surface area contributed by atoms with Gasteiger partial charge in [-0.3, -0.25) is 15.3 Å². The number of aromatic amines is 2. The number of hydrogen-bond donors (Lipinski definition) is 5. The molecule has 0 fully saturated rings. The van der Waals surface area contributed by atoms with Crippen LogP contribution in [0.4, 0.5) is 47.5 Å². The summed E-state index contributed by atoms with van der Waals surface area (Å²) in [5.74, 6) is 3.43. The zero-order valence-corrected chi connectivity index (χ0v) is 46.1. The average molecular weight is 1130 g/mol. The van der Waals surface area contributed by atoms with E-state index in [4.69, 9.17) is 47.3 Å². The first-order chi connectivity index (χ1) is 39.7. The Hall–Kier alpha value is -10.2. The number of hydrogen-bond acceptors (Lipinski definition) is 13. The number of nitrogens with zero attached hydrogens (tertiary/aromatic N) is 6. The molecule has 8 aromatic rings. The highest BCUT2D eigenvalue weighted by molar-refractivity contribution is 5.85. The number of amides is 2. The smallest absolute Gasteiger partial charge is 0.419 e. The lowest BCUT2D eigenvalue weighted by molar-refractivity contribution is 0.0536. The average Bonchev–Trinajstić information content (AvgIpc) is 4.46. The topological polar surface area (TPSA) is 241 Å². The molecule has 3 aliphatic heterocycles. The van der Waals surface area contributed by atoms with E-state index in [0.717, 1.165) is 106 Å². The first kappa shape index (κ1) is 59.0. The molecule has 3 atom stereocenters. The van der Waals surface area contributed by atoms with E-state index in [2.05, 4.69) is 45.2 Å². The Morgan fingerprint density at radius 2 is 1.10 bits per heavy atom. The number of fused-ring (bicyclic) bond motifs is 3. The van der Waals surface area contributed by atoms with E-state index in [9.17, 15) is 14.4 Å². The van der Waals surface area contributed by atoms with Crippen molar-refractivity contribution < 1.29 is 47.5 Å². The molecule has 21 heteroatoms. The van der Waals surface area contributed by atoms with Gasteiger partial charge in [0.15, 0.2) is 11.4 Å². The highest BCUT2D eigenvalue weighted by Crippen LogP contribution is 2.40. The quantitative estimate of drug-likeness (QED) is 0.0435. The number of H-pyrrole nitrogens is 2. The Bertz CT molecular complexity index is 3360. The lowest BCUT2D eigenvalue weighted by atomic mass is 9.89. The number of nitrogens with one attached hydrogen (secondary N) is 4. The van der Waals surface area contributed by atoms with Crippen molar-refractivity contribution in [3.05, 3.63) is 208 Å². The number of ether oxygens (including phenoxy) is 6. The second kappa shape index (κ2) is 27.8. The van der Waals surface area contributed by atoms with Gasteiger partial charge in [-0.05, 0) is 159 Å². The van der Waals surface area contributed by atoms with Gasteiger partial charge < -0.3 is 44.1 Å². The van der Waals surface area contributed by atoms with Gasteiger partial charge in [0.05, 0.1) is 51.3 Å². The minimum Gasteiger partial charge on any atom is -0.493 e. The van der Waals surface area contributed by atoms with Crippen molar-refractivity contribution in [2.75, 3.05) is 36.2 Å². The van der Waals surface area contributed by atoms with Crippen LogP contribution in [-0.4, -0.2) is 73.2 Å². The van der Waals surface area contributed by atoms with Gasteiger partial charge in [-0.25, -0.2) is 43.6 Å². The minimum atomic E-state index is -0.529. The number of halogens is 1. The van der Waals surface area contributed by atoms with Crippen LogP contribution in [0.3, 0.4) is 0 Å². The Morgan fingerprint density at radius 3 is 1.53 bits per heavy atom. The molecule has 0 saturated heterocycles. The van der Waals surface area contributed by atoms with E-state index in [1.807, 2.05) is 87.8 Å². The molecular formula is C62H64FN11O9. The summed E-state index contributed by atoms with van der Waals surface area (Å²) in [6, 6.07) is 30.9. The SMILES string of the molecule is CC(C)(C)OC(=O)n1cnc(CC2CCOc3ccc(N)cc32)c1.F.[C-]#[N+]c1ccc(COC(=O)Nc2ccc3c(c2)C(Cc2cnc[nH]2)CCO3)cc1.[C-]#[N+]c1ccc(COC(=O)Nc2ccc3c(c2)C(Cc2cnc[nH]2)CCO3)cc1. The molecule has 6 N–H and O–H groups in total. The molecule has 83 heavy (non-hydrogen) atoms. The molecule has 6 heterocycles. The van der Waals surface area contributed by atoms with E-state index in [-0.39, 0.29) is 35.7 Å². The van der Waals surface area contributed by atoms with Gasteiger partial charge in [0.25, 0.3) is 0 Å². The Morgan fingerprint density at radius 1 is 0.651 bits per heavy atom. The van der Waals surface area contributed by atoms with Gasteiger partial charge in [-0.1, -0.05) is 48.5 Å². The number of imidazole rings is 3. The first-order valence-corrected chi connectivity index (χ1v) is 26.8. The number of nitrogen functional groups attached to an aromatic ring is 1. The summed E-state index contributed by atoms with van der Waals surface area (Å²) in [5, 5.41) is 5.56. The van der Waals surface area contributed by atoms with Crippen LogP contribution in [-0.2, 0) is 46.7 Å². The van der Waals surface area contributed by atoms with Crippen molar-refractivity contribution in [2.45, 2.75) is 95.9 Å². The third kappa shape index (κ3) is 16.7. The molecule has 0 saturated carbocycles. The van der Waals surface area contributed by atoms with E-state index >= 15 is 0 Å². The van der Waals surface area contributed by atoms with Crippen LogP contribution in [0.5, 0.6) is 17.2 Å². The van der Waals surface area contributed by atoms with E-state index in [0.29, 0.717) is 42.6 Å². The van der Waals surface area contributed by atoms with Crippen molar-refractivity contribution in [1.29, 1.82) is 0 Å². The first-order valence-electron chi connectivity index (χ1n) is 26.8. The Balaban J connectivity index is 0.000000163. The maximum Gasteiger partial charge on any atom is 0.419 e. The summed E-state index contributed by atoms with van der Waals surface area (Å²) in [4.78, 5) is 61.9. The fraction of sp³-hybridized carbons (Fsp3) is 0.290. The predicted octanol–water partition coefficient (Wildman–Crippen LogP) is 13.1. The van der Waals surface area contributed by atoms with Crippen LogP contribution in [0.15, 0.2) is 141 Å². The lowest BCUT2D eigenvalue weighted by Gasteiger charge is -2.26. The van der Waals surface area contributed by atoms with Gasteiger partial charge in [0.2, 0.25) is 0 Å². The normalized spacial score (nSPS) is 15.4. The molecule has 0 radical (unpaired) electrons. The molecule has 11 rings (SSSR count). The molecule has 3 unspecified atom stereocenters. The predicted molar refractivity (Wildman–Crippen MR) is 310 cm³/mol. The number of rotatable bonds is 12. The second-order valence-electron chi connectivity index (χ2n) is 20.8.